The van der Waals surface area contributed by atoms with Gasteiger partial charge in [0.15, 0.2) is 0 Å². The van der Waals surface area contributed by atoms with Crippen molar-refractivity contribution in [2.45, 2.75) is 52.6 Å². The van der Waals surface area contributed by atoms with Crippen LogP contribution in [0.15, 0.2) is 36.4 Å². The SMILES string of the molecule is Cc1nc(OC(F)F)nc(C)c1-c1cccc(CCc2ccc3c(c2)OC[C@H]3CC(=O)[O-])c1C. The van der Waals surface area contributed by atoms with Crippen LogP contribution in [0, 0.1) is 20.8 Å². The molecule has 8 heteroatoms. The highest BCUT2D eigenvalue weighted by atomic mass is 19.3. The number of nitrogens with zero attached hydrogens (tertiary/aromatic N) is 2. The zero-order valence-corrected chi connectivity index (χ0v) is 19.2. The first-order valence-electron chi connectivity index (χ1n) is 11.1. The molecular weight excluding hydrogens is 442 g/mol. The van der Waals surface area contributed by atoms with Gasteiger partial charge in [-0.15, -0.1) is 0 Å². The summed E-state index contributed by atoms with van der Waals surface area (Å²) in [6, 6.07) is 11.6. The summed E-state index contributed by atoms with van der Waals surface area (Å²) in [5.41, 5.74) is 7.16. The van der Waals surface area contributed by atoms with Crippen LogP contribution in [0.3, 0.4) is 0 Å². The van der Waals surface area contributed by atoms with Crippen LogP contribution in [0.5, 0.6) is 11.8 Å². The molecule has 0 N–H and O–H groups in total. The van der Waals surface area contributed by atoms with E-state index in [9.17, 15) is 18.7 Å². The molecule has 0 saturated carbocycles. The molecule has 0 spiro atoms. The van der Waals surface area contributed by atoms with Crippen molar-refractivity contribution in [3.8, 4) is 22.9 Å². The maximum atomic E-state index is 12.6. The molecule has 2 aromatic carbocycles. The number of ether oxygens (including phenoxy) is 2. The van der Waals surface area contributed by atoms with Crippen molar-refractivity contribution in [3.05, 3.63) is 70.0 Å². The average molecular weight is 467 g/mol. The summed E-state index contributed by atoms with van der Waals surface area (Å²) in [5.74, 6) is -0.504. The summed E-state index contributed by atoms with van der Waals surface area (Å²) in [6.07, 6.45) is 1.52. The molecule has 3 aromatic rings. The number of hydrogen-bond donors (Lipinski definition) is 0. The fourth-order valence-corrected chi connectivity index (χ4v) is 4.56. The third kappa shape index (κ3) is 5.00. The number of halogens is 2. The van der Waals surface area contributed by atoms with Gasteiger partial charge in [0.1, 0.15) is 5.75 Å². The minimum atomic E-state index is -2.97. The molecule has 0 unspecified atom stereocenters. The van der Waals surface area contributed by atoms with E-state index in [1.54, 1.807) is 13.8 Å². The lowest BCUT2D eigenvalue weighted by molar-refractivity contribution is -0.306. The standard InChI is InChI=1S/C26H26F2N2O4/c1-14-18(9-7-17-8-10-21-19(12-23(31)32)13-33-22(21)11-17)5-4-6-20(14)24-15(2)29-26(30-16(24)3)34-25(27)28/h4-6,8,10-11,19,25H,7,9,12-13H2,1-3H3,(H,31,32)/p-1/t19-/m1/s1. The molecule has 1 atom stereocenters. The van der Waals surface area contributed by atoms with Gasteiger partial charge in [-0.25, -0.2) is 0 Å². The summed E-state index contributed by atoms with van der Waals surface area (Å²) in [4.78, 5) is 19.2. The summed E-state index contributed by atoms with van der Waals surface area (Å²) < 4.78 is 35.2. The molecule has 1 aromatic heterocycles. The number of aryl methyl sites for hydroxylation is 4. The number of alkyl halides is 2. The Labute approximate surface area is 196 Å². The van der Waals surface area contributed by atoms with Crippen LogP contribution in [0.1, 0.15) is 46.0 Å². The lowest BCUT2D eigenvalue weighted by atomic mass is 9.91. The van der Waals surface area contributed by atoms with E-state index in [-0.39, 0.29) is 18.3 Å². The van der Waals surface area contributed by atoms with Gasteiger partial charge in [-0.2, -0.15) is 18.7 Å². The summed E-state index contributed by atoms with van der Waals surface area (Å²) in [7, 11) is 0. The van der Waals surface area contributed by atoms with E-state index >= 15 is 0 Å². The molecule has 0 saturated heterocycles. The van der Waals surface area contributed by atoms with Crippen LogP contribution in [0.25, 0.3) is 11.1 Å². The molecule has 178 valence electrons. The topological polar surface area (TPSA) is 84.4 Å². The van der Waals surface area contributed by atoms with Crippen LogP contribution in [-0.4, -0.2) is 29.2 Å². The molecule has 0 aliphatic carbocycles. The van der Waals surface area contributed by atoms with Crippen molar-refractivity contribution in [1.82, 2.24) is 9.97 Å². The Kier molecular flexibility index (Phi) is 6.77. The molecule has 6 nitrogen and oxygen atoms in total. The second-order valence-corrected chi connectivity index (χ2v) is 8.48. The van der Waals surface area contributed by atoms with E-state index in [0.29, 0.717) is 18.0 Å². The zero-order valence-electron chi connectivity index (χ0n) is 19.2. The van der Waals surface area contributed by atoms with Crippen molar-refractivity contribution in [3.63, 3.8) is 0 Å². The Morgan fingerprint density at radius 2 is 1.88 bits per heavy atom. The van der Waals surface area contributed by atoms with E-state index in [1.807, 2.05) is 37.3 Å². The normalized spacial score (nSPS) is 14.7. The number of rotatable bonds is 8. The number of fused-ring (bicyclic) bond motifs is 1. The monoisotopic (exact) mass is 467 g/mol. The van der Waals surface area contributed by atoms with E-state index in [4.69, 9.17) is 4.74 Å². The highest BCUT2D eigenvalue weighted by Crippen LogP contribution is 2.37. The molecule has 0 radical (unpaired) electrons. The molecule has 0 bridgehead atoms. The first kappa shape index (κ1) is 23.6. The van der Waals surface area contributed by atoms with Crippen molar-refractivity contribution in [1.29, 1.82) is 0 Å². The molecule has 2 heterocycles. The maximum absolute atomic E-state index is 12.6. The van der Waals surface area contributed by atoms with Crippen LogP contribution >= 0.6 is 0 Å². The first-order valence-corrected chi connectivity index (χ1v) is 11.1. The minimum absolute atomic E-state index is 0.0455. The maximum Gasteiger partial charge on any atom is 0.389 e. The fourth-order valence-electron chi connectivity index (χ4n) is 4.56. The third-order valence-electron chi connectivity index (χ3n) is 6.21. The Bertz CT molecular complexity index is 1210. The van der Waals surface area contributed by atoms with Gasteiger partial charge in [0.2, 0.25) is 0 Å². The number of aromatic nitrogens is 2. The highest BCUT2D eigenvalue weighted by Gasteiger charge is 2.24. The van der Waals surface area contributed by atoms with E-state index in [2.05, 4.69) is 20.8 Å². The molecule has 0 amide bonds. The van der Waals surface area contributed by atoms with Crippen molar-refractivity contribution in [2.75, 3.05) is 6.61 Å². The number of benzene rings is 2. The molecular formula is C26H25F2N2O4-. The number of carboxylic acid groups (broad SMARTS) is 1. The first-order chi connectivity index (χ1) is 16.2. The van der Waals surface area contributed by atoms with Gasteiger partial charge in [-0.05, 0) is 68.4 Å². The largest absolute Gasteiger partial charge is 0.550 e. The lowest BCUT2D eigenvalue weighted by Crippen LogP contribution is -2.24. The second-order valence-electron chi connectivity index (χ2n) is 8.48. The Morgan fingerprint density at radius 1 is 1.15 bits per heavy atom. The Balaban J connectivity index is 1.53. The fraction of sp³-hybridized carbons (Fsp3) is 0.346. The Morgan fingerprint density at radius 3 is 2.56 bits per heavy atom. The smallest absolute Gasteiger partial charge is 0.389 e. The van der Waals surface area contributed by atoms with E-state index in [1.165, 1.54) is 0 Å². The number of hydrogen-bond acceptors (Lipinski definition) is 6. The van der Waals surface area contributed by atoms with Crippen molar-refractivity contribution in [2.24, 2.45) is 0 Å². The summed E-state index contributed by atoms with van der Waals surface area (Å²) in [5, 5.41) is 10.9. The van der Waals surface area contributed by atoms with Gasteiger partial charge in [0, 0.05) is 23.0 Å². The highest BCUT2D eigenvalue weighted by molar-refractivity contribution is 5.72. The van der Waals surface area contributed by atoms with Gasteiger partial charge in [-0.1, -0.05) is 30.3 Å². The van der Waals surface area contributed by atoms with Gasteiger partial charge >= 0.3 is 12.6 Å². The predicted octanol–water partition coefficient (Wildman–Crippen LogP) is 4.07. The lowest BCUT2D eigenvalue weighted by Gasteiger charge is -2.16. The quantitative estimate of drug-likeness (QED) is 0.497. The van der Waals surface area contributed by atoms with Gasteiger partial charge in [-0.3, -0.25) is 0 Å². The van der Waals surface area contributed by atoms with Crippen LogP contribution in [0.2, 0.25) is 0 Å². The van der Waals surface area contributed by atoms with Crippen molar-refractivity contribution < 1.29 is 28.2 Å². The average Bonchev–Trinajstić information content (AvgIpc) is 3.14. The predicted molar refractivity (Wildman–Crippen MR) is 120 cm³/mol. The second kappa shape index (κ2) is 9.75. The minimum Gasteiger partial charge on any atom is -0.550 e. The summed E-state index contributed by atoms with van der Waals surface area (Å²) in [6.45, 7) is 2.93. The molecule has 34 heavy (non-hydrogen) atoms. The Hall–Kier alpha value is -3.55. The van der Waals surface area contributed by atoms with Crippen LogP contribution in [-0.2, 0) is 17.6 Å². The molecule has 4 rings (SSSR count). The number of carboxylic acids is 1. The van der Waals surface area contributed by atoms with Crippen LogP contribution < -0.4 is 14.6 Å². The summed E-state index contributed by atoms with van der Waals surface area (Å²) >= 11 is 0. The van der Waals surface area contributed by atoms with Crippen LogP contribution in [0.4, 0.5) is 8.78 Å². The molecule has 1 aliphatic heterocycles. The van der Waals surface area contributed by atoms with Gasteiger partial charge in [0.25, 0.3) is 0 Å². The zero-order chi connectivity index (χ0) is 24.4. The number of carbonyl (C=O) groups excluding carboxylic acids is 1. The van der Waals surface area contributed by atoms with Gasteiger partial charge in [0.05, 0.1) is 18.0 Å². The third-order valence-corrected chi connectivity index (χ3v) is 6.21. The van der Waals surface area contributed by atoms with Gasteiger partial charge < -0.3 is 19.4 Å². The van der Waals surface area contributed by atoms with E-state index < -0.39 is 12.6 Å². The molecule has 1 aliphatic rings. The number of aliphatic carboxylic acids is 1. The molecule has 0 fully saturated rings. The number of carbonyl (C=O) groups is 1. The van der Waals surface area contributed by atoms with E-state index in [0.717, 1.165) is 52.0 Å². The van der Waals surface area contributed by atoms with Crippen molar-refractivity contribution >= 4 is 5.97 Å².